The number of hydrogen-bond donors (Lipinski definition) is 3. The fraction of sp³-hybridized carbons (Fsp3) is 0.273. The van der Waals surface area contributed by atoms with Gasteiger partial charge in [0.05, 0.1) is 4.90 Å². The molecule has 1 amide bonds. The van der Waals surface area contributed by atoms with Gasteiger partial charge in [0, 0.05) is 19.2 Å². The Morgan fingerprint density at radius 1 is 1.45 bits per heavy atom. The lowest BCUT2D eigenvalue weighted by atomic mass is 10.2. The first-order chi connectivity index (χ1) is 9.31. The molecule has 0 spiro atoms. The van der Waals surface area contributed by atoms with Crippen LogP contribution in [0, 0.1) is 0 Å². The number of fused-ring (bicyclic) bond motifs is 1. The summed E-state index contributed by atoms with van der Waals surface area (Å²) in [5.74, 6) is -0.118. The molecule has 0 saturated heterocycles. The second-order valence-electron chi connectivity index (χ2n) is 4.31. The molecule has 0 radical (unpaired) electrons. The number of nitrogens with two attached hydrogens (primary N) is 1. The molecule has 0 saturated carbocycles. The van der Waals surface area contributed by atoms with E-state index >= 15 is 0 Å². The van der Waals surface area contributed by atoms with Gasteiger partial charge in [0.15, 0.2) is 5.11 Å². The second kappa shape index (κ2) is 5.35. The van der Waals surface area contributed by atoms with Crippen LogP contribution in [0.5, 0.6) is 0 Å². The Bertz CT molecular complexity index is 672. The van der Waals surface area contributed by atoms with Gasteiger partial charge < -0.3 is 10.6 Å². The molecular formula is C11H14N4O3S2. The summed E-state index contributed by atoms with van der Waals surface area (Å²) in [6.07, 6.45) is 0.716. The van der Waals surface area contributed by atoms with Gasteiger partial charge in [-0.2, -0.15) is 0 Å². The van der Waals surface area contributed by atoms with Crippen molar-refractivity contribution >= 4 is 38.9 Å². The predicted octanol–water partition coefficient (Wildman–Crippen LogP) is -0.378. The van der Waals surface area contributed by atoms with Crippen molar-refractivity contribution in [3.05, 3.63) is 23.8 Å². The van der Waals surface area contributed by atoms with Crippen LogP contribution >= 0.6 is 12.2 Å². The molecule has 20 heavy (non-hydrogen) atoms. The van der Waals surface area contributed by atoms with Gasteiger partial charge in [0.2, 0.25) is 5.91 Å². The Hall–Kier alpha value is -1.71. The molecule has 0 unspecified atom stereocenters. The van der Waals surface area contributed by atoms with Gasteiger partial charge >= 0.3 is 0 Å². The Morgan fingerprint density at radius 3 is 2.75 bits per heavy atom. The molecule has 4 N–H and O–H groups in total. The van der Waals surface area contributed by atoms with Crippen LogP contribution in [0.1, 0.15) is 12.5 Å². The number of rotatable bonds is 3. The number of nitrogens with zero attached hydrogens (tertiary/aromatic N) is 1. The molecule has 0 atom stereocenters. The summed E-state index contributed by atoms with van der Waals surface area (Å²) in [5, 5.41) is -0.180. The minimum absolute atomic E-state index is 0.0353. The average Bonchev–Trinajstić information content (AvgIpc) is 2.79. The van der Waals surface area contributed by atoms with Gasteiger partial charge in [-0.05, 0) is 36.3 Å². The summed E-state index contributed by atoms with van der Waals surface area (Å²) in [6, 6.07) is 4.65. The van der Waals surface area contributed by atoms with Crippen molar-refractivity contribution in [3.63, 3.8) is 0 Å². The van der Waals surface area contributed by atoms with E-state index in [1.54, 1.807) is 11.0 Å². The summed E-state index contributed by atoms with van der Waals surface area (Å²) in [5.41, 5.74) is 8.91. The molecule has 1 aliphatic rings. The zero-order valence-corrected chi connectivity index (χ0v) is 12.3. The molecular weight excluding hydrogens is 300 g/mol. The lowest BCUT2D eigenvalue weighted by Gasteiger charge is -2.16. The van der Waals surface area contributed by atoms with Crippen molar-refractivity contribution < 1.29 is 13.2 Å². The molecule has 9 heteroatoms. The zero-order chi connectivity index (χ0) is 14.9. The normalized spacial score (nSPS) is 13.9. The van der Waals surface area contributed by atoms with E-state index < -0.39 is 10.0 Å². The highest BCUT2D eigenvalue weighted by Crippen LogP contribution is 2.30. The number of amides is 1. The highest BCUT2D eigenvalue weighted by molar-refractivity contribution is 7.89. The molecule has 108 valence electrons. The van der Waals surface area contributed by atoms with Crippen LogP contribution in [-0.2, 0) is 21.2 Å². The first kappa shape index (κ1) is 14.7. The van der Waals surface area contributed by atoms with Crippen LogP contribution in [0.15, 0.2) is 23.1 Å². The topological polar surface area (TPSA) is 105 Å². The van der Waals surface area contributed by atoms with Gasteiger partial charge in [-0.3, -0.25) is 10.2 Å². The van der Waals surface area contributed by atoms with Crippen LogP contribution in [0.4, 0.5) is 5.69 Å². The fourth-order valence-corrected chi connectivity index (χ4v) is 3.02. The van der Waals surface area contributed by atoms with Gasteiger partial charge in [-0.15, -0.1) is 4.83 Å². The molecule has 1 aliphatic heterocycles. The maximum Gasteiger partial charge on any atom is 0.257 e. The third-order valence-corrected chi connectivity index (χ3v) is 4.30. The van der Waals surface area contributed by atoms with E-state index in [0.717, 1.165) is 5.56 Å². The molecule has 0 fully saturated rings. The van der Waals surface area contributed by atoms with Crippen LogP contribution in [-0.4, -0.2) is 26.0 Å². The highest BCUT2D eigenvalue weighted by Gasteiger charge is 2.25. The largest absolute Gasteiger partial charge is 0.375 e. The van der Waals surface area contributed by atoms with E-state index in [0.29, 0.717) is 18.7 Å². The number of carbonyl (C=O) groups is 1. The number of carbonyl (C=O) groups excluding carboxylic acids is 1. The standard InChI is InChI=1S/C11H14N4O3S2/c1-7(16)15-5-4-8-2-3-9(6-10(8)15)20(17,18)14-13-11(12)19/h2-3,6,14H,4-5H2,1H3,(H3,12,13,19). The first-order valence-corrected chi connectivity index (χ1v) is 7.68. The summed E-state index contributed by atoms with van der Waals surface area (Å²) in [4.78, 5) is 15.1. The van der Waals surface area contributed by atoms with E-state index in [1.807, 2.05) is 0 Å². The molecule has 0 aromatic heterocycles. The number of benzene rings is 1. The third-order valence-electron chi connectivity index (χ3n) is 2.95. The Morgan fingerprint density at radius 2 is 2.15 bits per heavy atom. The van der Waals surface area contributed by atoms with Gasteiger partial charge in [-0.25, -0.2) is 8.42 Å². The minimum atomic E-state index is -3.79. The maximum atomic E-state index is 12.0. The highest BCUT2D eigenvalue weighted by atomic mass is 32.2. The van der Waals surface area contributed by atoms with Crippen LogP contribution in [0.2, 0.25) is 0 Å². The third kappa shape index (κ3) is 2.89. The van der Waals surface area contributed by atoms with Crippen LogP contribution in [0.25, 0.3) is 0 Å². The number of nitrogens with one attached hydrogen (secondary N) is 2. The minimum Gasteiger partial charge on any atom is -0.375 e. The van der Waals surface area contributed by atoms with Crippen molar-refractivity contribution in [1.82, 2.24) is 10.3 Å². The number of hydrazine groups is 1. The van der Waals surface area contributed by atoms with Crippen LogP contribution in [0.3, 0.4) is 0 Å². The monoisotopic (exact) mass is 314 g/mol. The molecule has 2 rings (SSSR count). The van der Waals surface area contributed by atoms with Crippen molar-refractivity contribution in [3.8, 4) is 0 Å². The smallest absolute Gasteiger partial charge is 0.257 e. The molecule has 1 aromatic rings. The summed E-state index contributed by atoms with van der Waals surface area (Å²) < 4.78 is 24.0. The van der Waals surface area contributed by atoms with E-state index in [1.165, 1.54) is 19.1 Å². The van der Waals surface area contributed by atoms with Gasteiger partial charge in [0.25, 0.3) is 10.0 Å². The first-order valence-electron chi connectivity index (χ1n) is 5.79. The molecule has 1 heterocycles. The van der Waals surface area contributed by atoms with E-state index in [-0.39, 0.29) is 15.9 Å². The lowest BCUT2D eigenvalue weighted by Crippen LogP contribution is -2.44. The predicted molar refractivity (Wildman–Crippen MR) is 78.4 cm³/mol. The molecule has 0 bridgehead atoms. The van der Waals surface area contributed by atoms with Crippen LogP contribution < -0.4 is 20.9 Å². The quantitative estimate of drug-likeness (QED) is 0.519. The summed E-state index contributed by atoms with van der Waals surface area (Å²) in [7, 11) is -3.79. The molecule has 7 nitrogen and oxygen atoms in total. The summed E-state index contributed by atoms with van der Waals surface area (Å²) >= 11 is 4.53. The summed E-state index contributed by atoms with van der Waals surface area (Å²) in [6.45, 7) is 2.01. The Kier molecular flexibility index (Phi) is 3.93. The average molecular weight is 314 g/mol. The Labute approximate surface area is 122 Å². The number of hydrogen-bond acceptors (Lipinski definition) is 4. The van der Waals surface area contributed by atoms with E-state index in [2.05, 4.69) is 22.5 Å². The van der Waals surface area contributed by atoms with Crippen molar-refractivity contribution in [2.45, 2.75) is 18.2 Å². The van der Waals surface area contributed by atoms with E-state index in [9.17, 15) is 13.2 Å². The van der Waals surface area contributed by atoms with Crippen molar-refractivity contribution in [2.24, 2.45) is 5.73 Å². The zero-order valence-electron chi connectivity index (χ0n) is 10.7. The Balaban J connectivity index is 2.34. The van der Waals surface area contributed by atoms with Gasteiger partial charge in [0.1, 0.15) is 0 Å². The second-order valence-corrected chi connectivity index (χ2v) is 6.43. The number of thiocarbonyl (C=S) groups is 1. The van der Waals surface area contributed by atoms with Crippen molar-refractivity contribution in [1.29, 1.82) is 0 Å². The number of sulfonamides is 1. The SMILES string of the molecule is CC(=O)N1CCc2ccc(S(=O)(=O)NNC(N)=S)cc21. The maximum absolute atomic E-state index is 12.0. The van der Waals surface area contributed by atoms with Crippen molar-refractivity contribution in [2.75, 3.05) is 11.4 Å². The lowest BCUT2D eigenvalue weighted by molar-refractivity contribution is -0.116. The molecule has 1 aromatic carbocycles. The fourth-order valence-electron chi connectivity index (χ4n) is 2.03. The number of anilines is 1. The molecule has 0 aliphatic carbocycles. The van der Waals surface area contributed by atoms with E-state index in [4.69, 9.17) is 5.73 Å². The van der Waals surface area contributed by atoms with Gasteiger partial charge in [-0.1, -0.05) is 6.07 Å².